The van der Waals surface area contributed by atoms with Crippen molar-refractivity contribution in [2.45, 2.75) is 51.1 Å². The Morgan fingerprint density at radius 3 is 2.76 bits per heavy atom. The number of fused-ring (bicyclic) bond motifs is 1. The quantitative estimate of drug-likeness (QED) is 0.838. The van der Waals surface area contributed by atoms with Crippen LogP contribution in [0.5, 0.6) is 0 Å². The molecular weight excluding hydrogens is 274 g/mol. The van der Waals surface area contributed by atoms with Crippen LogP contribution >= 0.6 is 0 Å². The summed E-state index contributed by atoms with van der Waals surface area (Å²) >= 11 is 0. The van der Waals surface area contributed by atoms with Crippen LogP contribution in [0.1, 0.15) is 42.9 Å². The number of hydrogen-bond donors (Lipinski definition) is 1. The van der Waals surface area contributed by atoms with Gasteiger partial charge in [0.15, 0.2) is 0 Å². The Labute approximate surface area is 128 Å². The van der Waals surface area contributed by atoms with Gasteiger partial charge in [0.1, 0.15) is 0 Å². The molecule has 2 aliphatic rings. The van der Waals surface area contributed by atoms with Crippen molar-refractivity contribution >= 4 is 25.6 Å². The zero-order valence-corrected chi connectivity index (χ0v) is 14.1. The first kappa shape index (κ1) is 14.5. The maximum Gasteiger partial charge on any atom is 0.231 e. The summed E-state index contributed by atoms with van der Waals surface area (Å²) in [6.45, 7) is 6.73. The summed E-state index contributed by atoms with van der Waals surface area (Å²) in [5.41, 5.74) is 10.6. The van der Waals surface area contributed by atoms with E-state index in [1.165, 1.54) is 27.4 Å². The van der Waals surface area contributed by atoms with E-state index in [2.05, 4.69) is 44.3 Å². The highest BCUT2D eigenvalue weighted by Gasteiger charge is 2.46. The first-order valence-electron chi connectivity index (χ1n) is 7.73. The van der Waals surface area contributed by atoms with Crippen LogP contribution in [0.4, 0.5) is 0 Å². The standard InChI is InChI=1S/C18H23NOSi/c1-12-10-13-6-4-7-15(14(13)11-12)18(17(19)20)9-5-8-16(18)21(2)3/h4,6-7,11H,5,8-10H2,1-3H3,(H2,19,20). The number of allylic oxidation sites excluding steroid dienone is 1. The summed E-state index contributed by atoms with van der Waals surface area (Å²) < 4.78 is 0. The maximum absolute atomic E-state index is 12.5. The van der Waals surface area contributed by atoms with E-state index in [1.54, 1.807) is 0 Å². The molecule has 0 saturated heterocycles. The van der Waals surface area contributed by atoms with Gasteiger partial charge < -0.3 is 5.73 Å². The second kappa shape index (κ2) is 5.06. The molecule has 1 aromatic rings. The molecule has 21 heavy (non-hydrogen) atoms. The Morgan fingerprint density at radius 2 is 2.10 bits per heavy atom. The molecule has 3 rings (SSSR count). The van der Waals surface area contributed by atoms with Gasteiger partial charge in [-0.15, -0.1) is 0 Å². The molecule has 0 aliphatic heterocycles. The molecule has 1 amide bonds. The lowest BCUT2D eigenvalue weighted by Crippen LogP contribution is -2.47. The number of nitrogens with two attached hydrogens (primary N) is 1. The zero-order valence-electron chi connectivity index (χ0n) is 13.1. The minimum Gasteiger partial charge on any atom is -0.369 e. The molecule has 2 aliphatic carbocycles. The van der Waals surface area contributed by atoms with Crippen molar-refractivity contribution in [1.82, 2.24) is 0 Å². The van der Waals surface area contributed by atoms with Gasteiger partial charge in [0.2, 0.25) is 5.91 Å². The SMILES string of the molecule is CC1=Cc2c(cccc2C2(C(N)=O)CCCC2=[Si](C)C)C1. The summed E-state index contributed by atoms with van der Waals surface area (Å²) in [4.78, 5) is 12.5. The van der Waals surface area contributed by atoms with Gasteiger partial charge in [-0.05, 0) is 49.3 Å². The Hall–Kier alpha value is -1.48. The number of rotatable bonds is 2. The molecule has 0 spiro atoms. The molecule has 1 fully saturated rings. The molecule has 3 heteroatoms. The highest BCUT2D eigenvalue weighted by molar-refractivity contribution is 6.72. The molecule has 1 saturated carbocycles. The minimum atomic E-state index is -0.645. The van der Waals surface area contributed by atoms with E-state index in [0.717, 1.165) is 25.7 Å². The summed E-state index contributed by atoms with van der Waals surface area (Å²) in [6.07, 6.45) is 6.29. The number of amides is 1. The topological polar surface area (TPSA) is 43.1 Å². The van der Waals surface area contributed by atoms with Gasteiger partial charge >= 0.3 is 0 Å². The van der Waals surface area contributed by atoms with Crippen molar-refractivity contribution in [3.63, 3.8) is 0 Å². The number of primary amides is 1. The molecule has 110 valence electrons. The molecule has 1 atom stereocenters. The largest absolute Gasteiger partial charge is 0.369 e. The van der Waals surface area contributed by atoms with E-state index >= 15 is 0 Å². The van der Waals surface area contributed by atoms with E-state index in [0.29, 0.717) is 0 Å². The van der Waals surface area contributed by atoms with Crippen LogP contribution in [-0.2, 0) is 16.6 Å². The highest BCUT2D eigenvalue weighted by atomic mass is 28.2. The summed E-state index contributed by atoms with van der Waals surface area (Å²) in [5, 5.41) is 1.42. The normalized spacial score (nSPS) is 24.0. The Kier molecular flexibility index (Phi) is 3.48. The summed E-state index contributed by atoms with van der Waals surface area (Å²) in [6, 6.07) is 6.41. The Morgan fingerprint density at radius 1 is 1.33 bits per heavy atom. The first-order chi connectivity index (χ1) is 9.96. The predicted octanol–water partition coefficient (Wildman–Crippen LogP) is 3.06. The van der Waals surface area contributed by atoms with Crippen LogP contribution in [0.2, 0.25) is 13.1 Å². The van der Waals surface area contributed by atoms with Gasteiger partial charge in [-0.25, -0.2) is 0 Å². The van der Waals surface area contributed by atoms with Gasteiger partial charge in [-0.2, -0.15) is 0 Å². The minimum absolute atomic E-state index is 0.146. The Balaban J connectivity index is 2.29. The Bertz CT molecular complexity index is 682. The van der Waals surface area contributed by atoms with Gasteiger partial charge in [0.05, 0.1) is 5.41 Å². The lowest BCUT2D eigenvalue weighted by atomic mass is 9.75. The smallest absolute Gasteiger partial charge is 0.231 e. The van der Waals surface area contributed by atoms with Gasteiger partial charge in [-0.3, -0.25) is 4.79 Å². The van der Waals surface area contributed by atoms with Crippen LogP contribution in [0.15, 0.2) is 23.8 Å². The number of benzene rings is 1. The number of carbonyl (C=O) groups is 1. The first-order valence-corrected chi connectivity index (χ1v) is 10.2. The predicted molar refractivity (Wildman–Crippen MR) is 91.0 cm³/mol. The van der Waals surface area contributed by atoms with Crippen molar-refractivity contribution in [3.8, 4) is 0 Å². The third-order valence-electron chi connectivity index (χ3n) is 5.03. The lowest BCUT2D eigenvalue weighted by Gasteiger charge is -2.31. The van der Waals surface area contributed by atoms with Crippen LogP contribution in [0.25, 0.3) is 6.08 Å². The molecule has 0 aromatic heterocycles. The van der Waals surface area contributed by atoms with E-state index in [1.807, 2.05) is 0 Å². The van der Waals surface area contributed by atoms with E-state index in [4.69, 9.17) is 5.73 Å². The lowest BCUT2D eigenvalue weighted by molar-refractivity contribution is -0.121. The van der Waals surface area contributed by atoms with Crippen molar-refractivity contribution in [2.75, 3.05) is 0 Å². The van der Waals surface area contributed by atoms with Gasteiger partial charge in [0, 0.05) is 8.41 Å². The zero-order chi connectivity index (χ0) is 15.2. The maximum atomic E-state index is 12.5. The number of carbonyl (C=O) groups excluding carboxylic acids is 1. The van der Waals surface area contributed by atoms with E-state index in [-0.39, 0.29) is 5.91 Å². The van der Waals surface area contributed by atoms with Crippen LogP contribution in [0, 0.1) is 0 Å². The van der Waals surface area contributed by atoms with Crippen LogP contribution < -0.4 is 5.73 Å². The van der Waals surface area contributed by atoms with Crippen LogP contribution in [0.3, 0.4) is 0 Å². The van der Waals surface area contributed by atoms with Crippen molar-refractivity contribution < 1.29 is 4.79 Å². The molecule has 0 heterocycles. The van der Waals surface area contributed by atoms with E-state index in [9.17, 15) is 4.79 Å². The number of hydrogen-bond acceptors (Lipinski definition) is 1. The molecule has 0 bridgehead atoms. The summed E-state index contributed by atoms with van der Waals surface area (Å²) in [7, 11) is -0.645. The second-order valence-electron chi connectivity index (χ2n) is 6.65. The van der Waals surface area contributed by atoms with Gasteiger partial charge in [0.25, 0.3) is 0 Å². The average molecular weight is 297 g/mol. The third kappa shape index (κ3) is 2.06. The average Bonchev–Trinajstić information content (AvgIpc) is 3.00. The molecule has 1 aromatic carbocycles. The summed E-state index contributed by atoms with van der Waals surface area (Å²) in [5.74, 6) is -0.146. The molecule has 2 N–H and O–H groups in total. The molecular formula is C18H23NOSi. The van der Waals surface area contributed by atoms with Crippen molar-refractivity contribution in [1.29, 1.82) is 0 Å². The fourth-order valence-electron chi connectivity index (χ4n) is 4.18. The third-order valence-corrected chi connectivity index (χ3v) is 6.92. The van der Waals surface area contributed by atoms with Gasteiger partial charge in [-0.1, -0.05) is 48.1 Å². The molecule has 1 unspecified atom stereocenters. The fourth-order valence-corrected chi connectivity index (χ4v) is 6.09. The molecule has 2 nitrogen and oxygen atoms in total. The second-order valence-corrected chi connectivity index (χ2v) is 9.25. The fraction of sp³-hybridized carbons (Fsp3) is 0.444. The monoisotopic (exact) mass is 297 g/mol. The van der Waals surface area contributed by atoms with Crippen molar-refractivity contribution in [3.05, 3.63) is 40.5 Å². The van der Waals surface area contributed by atoms with Crippen molar-refractivity contribution in [2.24, 2.45) is 5.73 Å². The van der Waals surface area contributed by atoms with Crippen LogP contribution in [-0.4, -0.2) is 19.5 Å². The molecule has 0 radical (unpaired) electrons. The highest BCUT2D eigenvalue weighted by Crippen LogP contribution is 2.43. The van der Waals surface area contributed by atoms with E-state index < -0.39 is 13.8 Å².